The minimum Gasteiger partial charge on any atom is -0.389 e. The molecule has 0 spiro atoms. The van der Waals surface area contributed by atoms with Gasteiger partial charge in [-0.05, 0) is 31.2 Å². The van der Waals surface area contributed by atoms with Gasteiger partial charge < -0.3 is 20.6 Å². The number of carbonyl (C=O) groups excluding carboxylic acids is 1. The van der Waals surface area contributed by atoms with Gasteiger partial charge in [-0.2, -0.15) is 5.10 Å². The molecule has 1 atom stereocenters. The molecule has 10 heteroatoms. The van der Waals surface area contributed by atoms with Gasteiger partial charge in [0.15, 0.2) is 5.65 Å². The van der Waals surface area contributed by atoms with Crippen LogP contribution in [0.2, 0.25) is 0 Å². The molecule has 8 nitrogen and oxygen atoms in total. The Morgan fingerprint density at radius 2 is 2.11 bits per heavy atom. The van der Waals surface area contributed by atoms with Crippen molar-refractivity contribution in [2.24, 2.45) is 0 Å². The summed E-state index contributed by atoms with van der Waals surface area (Å²) in [6.45, 7) is 2.25. The van der Waals surface area contributed by atoms with E-state index in [0.29, 0.717) is 17.2 Å². The second-order valence-corrected chi connectivity index (χ2v) is 6.66. The lowest BCUT2D eigenvalue weighted by molar-refractivity contribution is 0.0309. The standard InChI is InChI=1S/C18H18F2N6O2/c1-10(13-6-11(19)2-3-14(13)20)22-16-4-5-26-17(24-16)15(7-21-26)23-18(28)25-8-12(27)9-25/h2-7,10,12,27H,8-9H2,1H3,(H,22,24)(H,23,28)/t10-/m1/s1. The van der Waals surface area contributed by atoms with Crippen LogP contribution in [-0.2, 0) is 0 Å². The van der Waals surface area contributed by atoms with Crippen molar-refractivity contribution in [3.8, 4) is 0 Å². The zero-order chi connectivity index (χ0) is 19.8. The Labute approximate surface area is 158 Å². The minimum absolute atomic E-state index is 0.181. The highest BCUT2D eigenvalue weighted by Gasteiger charge is 2.29. The first kappa shape index (κ1) is 18.1. The number of likely N-dealkylation sites (tertiary alicyclic amines) is 1. The number of carbonyl (C=O) groups is 1. The van der Waals surface area contributed by atoms with Gasteiger partial charge in [-0.3, -0.25) is 0 Å². The van der Waals surface area contributed by atoms with Crippen LogP contribution in [0.5, 0.6) is 0 Å². The van der Waals surface area contributed by atoms with E-state index in [9.17, 15) is 18.7 Å². The molecule has 1 saturated heterocycles. The number of benzene rings is 1. The van der Waals surface area contributed by atoms with E-state index in [1.807, 2.05) is 0 Å². The lowest BCUT2D eigenvalue weighted by Gasteiger charge is -2.35. The number of rotatable bonds is 4. The van der Waals surface area contributed by atoms with Crippen molar-refractivity contribution in [1.82, 2.24) is 19.5 Å². The van der Waals surface area contributed by atoms with Crippen LogP contribution in [0.25, 0.3) is 5.65 Å². The minimum atomic E-state index is -0.533. The summed E-state index contributed by atoms with van der Waals surface area (Å²) in [5, 5.41) is 19.2. The summed E-state index contributed by atoms with van der Waals surface area (Å²) in [6, 6.07) is 4.04. The summed E-state index contributed by atoms with van der Waals surface area (Å²) in [7, 11) is 0. The first-order chi connectivity index (χ1) is 13.4. The number of aliphatic hydroxyl groups is 1. The Hall–Kier alpha value is -3.27. The maximum atomic E-state index is 14.0. The molecular formula is C18H18F2N6O2. The van der Waals surface area contributed by atoms with Gasteiger partial charge in [0.25, 0.3) is 0 Å². The van der Waals surface area contributed by atoms with Crippen LogP contribution in [0.4, 0.5) is 25.1 Å². The van der Waals surface area contributed by atoms with Gasteiger partial charge in [-0.25, -0.2) is 23.1 Å². The topological polar surface area (TPSA) is 94.8 Å². The van der Waals surface area contributed by atoms with E-state index in [1.54, 1.807) is 19.2 Å². The molecule has 3 heterocycles. The molecule has 1 aliphatic heterocycles. The molecule has 0 unspecified atom stereocenters. The maximum absolute atomic E-state index is 14.0. The van der Waals surface area contributed by atoms with Crippen molar-refractivity contribution in [2.45, 2.75) is 19.1 Å². The van der Waals surface area contributed by atoms with E-state index in [1.165, 1.54) is 15.6 Å². The summed E-state index contributed by atoms with van der Waals surface area (Å²) in [4.78, 5) is 18.0. The van der Waals surface area contributed by atoms with Crippen molar-refractivity contribution >= 4 is 23.2 Å². The monoisotopic (exact) mass is 388 g/mol. The number of nitrogens with one attached hydrogen (secondary N) is 2. The van der Waals surface area contributed by atoms with Crippen molar-refractivity contribution in [3.63, 3.8) is 0 Å². The van der Waals surface area contributed by atoms with Crippen LogP contribution < -0.4 is 10.6 Å². The molecule has 3 N–H and O–H groups in total. The number of urea groups is 1. The average molecular weight is 388 g/mol. The average Bonchev–Trinajstić information content (AvgIpc) is 3.03. The number of halogens is 2. The van der Waals surface area contributed by atoms with E-state index in [-0.39, 0.29) is 24.7 Å². The van der Waals surface area contributed by atoms with Gasteiger partial charge in [-0.15, -0.1) is 0 Å². The molecule has 2 amide bonds. The lowest BCUT2D eigenvalue weighted by atomic mass is 10.1. The molecule has 2 aromatic heterocycles. The second kappa shape index (κ2) is 7.04. The van der Waals surface area contributed by atoms with Crippen molar-refractivity contribution in [2.75, 3.05) is 23.7 Å². The molecule has 1 fully saturated rings. The van der Waals surface area contributed by atoms with Crippen molar-refractivity contribution in [3.05, 3.63) is 53.9 Å². The Morgan fingerprint density at radius 1 is 1.32 bits per heavy atom. The summed E-state index contributed by atoms with van der Waals surface area (Å²) < 4.78 is 28.9. The first-order valence-corrected chi connectivity index (χ1v) is 8.70. The molecular weight excluding hydrogens is 370 g/mol. The number of hydrogen-bond donors (Lipinski definition) is 3. The maximum Gasteiger partial charge on any atom is 0.322 e. The molecule has 0 radical (unpaired) electrons. The highest BCUT2D eigenvalue weighted by atomic mass is 19.1. The molecule has 28 heavy (non-hydrogen) atoms. The number of fused-ring (bicyclic) bond motifs is 1. The summed E-state index contributed by atoms with van der Waals surface area (Å²) in [5.74, 6) is -0.624. The number of aromatic nitrogens is 3. The van der Waals surface area contributed by atoms with Crippen LogP contribution in [0, 0.1) is 11.6 Å². The number of β-amino-alcohol motifs (C(OH)–C–C–N with tert-alkyl or cyclic N) is 1. The van der Waals surface area contributed by atoms with Gasteiger partial charge in [0.05, 0.1) is 31.4 Å². The van der Waals surface area contributed by atoms with E-state index in [2.05, 4.69) is 20.7 Å². The molecule has 146 valence electrons. The van der Waals surface area contributed by atoms with E-state index in [0.717, 1.165) is 18.2 Å². The zero-order valence-electron chi connectivity index (χ0n) is 14.9. The van der Waals surface area contributed by atoms with Crippen molar-refractivity contribution in [1.29, 1.82) is 0 Å². The van der Waals surface area contributed by atoms with Gasteiger partial charge in [0.2, 0.25) is 0 Å². The Kier molecular flexibility index (Phi) is 4.55. The fourth-order valence-corrected chi connectivity index (χ4v) is 3.00. The quantitative estimate of drug-likeness (QED) is 0.638. The molecule has 4 rings (SSSR count). The predicted octanol–water partition coefficient (Wildman–Crippen LogP) is 2.39. The van der Waals surface area contributed by atoms with E-state index < -0.39 is 23.8 Å². The third-order valence-corrected chi connectivity index (χ3v) is 4.55. The summed E-state index contributed by atoms with van der Waals surface area (Å²) in [6.07, 6.45) is 2.62. The number of hydrogen-bond acceptors (Lipinski definition) is 5. The highest BCUT2D eigenvalue weighted by Crippen LogP contribution is 2.23. The van der Waals surface area contributed by atoms with Gasteiger partial charge in [0.1, 0.15) is 23.1 Å². The Morgan fingerprint density at radius 3 is 2.86 bits per heavy atom. The third kappa shape index (κ3) is 3.46. The fourth-order valence-electron chi connectivity index (χ4n) is 3.00. The van der Waals surface area contributed by atoms with Gasteiger partial charge >= 0.3 is 6.03 Å². The van der Waals surface area contributed by atoms with Crippen molar-refractivity contribution < 1.29 is 18.7 Å². The van der Waals surface area contributed by atoms with E-state index >= 15 is 0 Å². The first-order valence-electron chi connectivity index (χ1n) is 8.70. The molecule has 1 aliphatic rings. The molecule has 1 aromatic carbocycles. The molecule has 0 bridgehead atoms. The molecule has 3 aromatic rings. The van der Waals surface area contributed by atoms with Crippen LogP contribution >= 0.6 is 0 Å². The highest BCUT2D eigenvalue weighted by molar-refractivity contribution is 5.93. The lowest BCUT2D eigenvalue weighted by Crippen LogP contribution is -2.54. The Bertz CT molecular complexity index is 1030. The normalized spacial score (nSPS) is 15.4. The number of anilines is 2. The predicted molar refractivity (Wildman–Crippen MR) is 98.0 cm³/mol. The third-order valence-electron chi connectivity index (χ3n) is 4.55. The van der Waals surface area contributed by atoms with Crippen LogP contribution in [0.15, 0.2) is 36.7 Å². The van der Waals surface area contributed by atoms with Gasteiger partial charge in [0, 0.05) is 11.8 Å². The van der Waals surface area contributed by atoms with E-state index in [4.69, 9.17) is 0 Å². The smallest absolute Gasteiger partial charge is 0.322 e. The molecule has 0 saturated carbocycles. The van der Waals surface area contributed by atoms with Crippen LogP contribution in [-0.4, -0.2) is 49.8 Å². The summed E-state index contributed by atoms with van der Waals surface area (Å²) in [5.41, 5.74) is 0.978. The largest absolute Gasteiger partial charge is 0.389 e. The number of aliphatic hydroxyl groups excluding tert-OH is 1. The van der Waals surface area contributed by atoms with Crippen LogP contribution in [0.1, 0.15) is 18.5 Å². The number of amides is 2. The number of nitrogens with zero attached hydrogens (tertiary/aromatic N) is 4. The second-order valence-electron chi connectivity index (χ2n) is 6.66. The molecule has 0 aliphatic carbocycles. The zero-order valence-corrected chi connectivity index (χ0v) is 14.9. The Balaban J connectivity index is 1.54. The summed E-state index contributed by atoms with van der Waals surface area (Å²) >= 11 is 0. The van der Waals surface area contributed by atoms with Crippen LogP contribution in [0.3, 0.4) is 0 Å². The SMILES string of the molecule is C[C@@H](Nc1ccn2ncc(NC(=O)N3CC(O)C3)c2n1)c1cc(F)ccc1F. The fraction of sp³-hybridized carbons (Fsp3) is 0.278. The van der Waals surface area contributed by atoms with Gasteiger partial charge in [-0.1, -0.05) is 0 Å².